The molecule has 3 nitrogen and oxygen atoms in total. The Balaban J connectivity index is 3.57. The van der Waals surface area contributed by atoms with Gasteiger partial charge in [0.25, 0.3) is 0 Å². The molecule has 0 rings (SSSR count). The molecule has 0 aliphatic rings. The molecule has 0 aliphatic heterocycles. The zero-order valence-electron chi connectivity index (χ0n) is 8.54. The highest BCUT2D eigenvalue weighted by molar-refractivity contribution is 6.37. The highest BCUT2D eigenvalue weighted by Crippen LogP contribution is 2.12. The molecular weight excluding hydrogens is 226 g/mol. The zero-order valence-corrected chi connectivity index (χ0v) is 10.1. The second kappa shape index (κ2) is 8.80. The van der Waals surface area contributed by atoms with Crippen LogP contribution in [0.4, 0.5) is 0 Å². The van der Waals surface area contributed by atoms with Crippen LogP contribution in [0.15, 0.2) is 0 Å². The number of hydrogen-bond acceptors (Lipinski definition) is 2. The van der Waals surface area contributed by atoms with Crippen molar-refractivity contribution in [2.45, 2.75) is 50.7 Å². The molecule has 0 aromatic heterocycles. The van der Waals surface area contributed by atoms with Gasteiger partial charge < -0.3 is 9.31 Å². The fourth-order valence-electron chi connectivity index (χ4n) is 0.863. The number of alkyl halides is 2. The Bertz CT molecular complexity index is 126. The third-order valence-corrected chi connectivity index (χ3v) is 2.19. The molecule has 0 spiro atoms. The Labute approximate surface area is 95.8 Å². The Hall–Kier alpha value is 0.525. The van der Waals surface area contributed by atoms with E-state index < -0.39 is 18.4 Å². The van der Waals surface area contributed by atoms with Crippen molar-refractivity contribution in [2.75, 3.05) is 0 Å². The molecule has 0 amide bonds. The van der Waals surface area contributed by atoms with Gasteiger partial charge in [-0.2, -0.15) is 0 Å². The summed E-state index contributed by atoms with van der Waals surface area (Å²) in [4.78, 5) is 0. The average Bonchev–Trinajstić information content (AvgIpc) is 2.03. The minimum absolute atomic E-state index is 0.590. The Morgan fingerprint density at radius 1 is 1.07 bits per heavy atom. The Kier molecular flexibility index (Phi) is 9.13. The summed E-state index contributed by atoms with van der Waals surface area (Å²) in [6, 6.07) is 0. The molecule has 2 atom stereocenters. The van der Waals surface area contributed by atoms with Gasteiger partial charge in [-0.1, -0.05) is 49.9 Å². The van der Waals surface area contributed by atoms with E-state index in [1.54, 1.807) is 0 Å². The van der Waals surface area contributed by atoms with E-state index in [1.807, 2.05) is 13.8 Å². The summed E-state index contributed by atoms with van der Waals surface area (Å²) in [5.41, 5.74) is -1.18. The van der Waals surface area contributed by atoms with Crippen LogP contribution in [0.1, 0.15) is 39.5 Å². The molecular formula is C8H16BCl2O3. The van der Waals surface area contributed by atoms with E-state index in [0.717, 1.165) is 12.8 Å². The van der Waals surface area contributed by atoms with Crippen molar-refractivity contribution in [3.8, 4) is 0 Å². The van der Waals surface area contributed by atoms with E-state index in [1.165, 1.54) is 0 Å². The third-order valence-electron chi connectivity index (χ3n) is 1.55. The topological polar surface area (TPSA) is 38.4 Å². The molecule has 0 N–H and O–H groups in total. The molecule has 0 aromatic rings. The van der Waals surface area contributed by atoms with Crippen LogP contribution in [0.3, 0.4) is 0 Å². The smallest absolute Gasteiger partial charge is 0.368 e. The molecule has 14 heavy (non-hydrogen) atoms. The lowest BCUT2D eigenvalue weighted by Gasteiger charge is -2.14. The first-order chi connectivity index (χ1) is 6.60. The van der Waals surface area contributed by atoms with Crippen molar-refractivity contribution in [2.24, 2.45) is 0 Å². The lowest BCUT2D eigenvalue weighted by atomic mass is 10.2. The van der Waals surface area contributed by atoms with Crippen LogP contribution >= 0.6 is 23.2 Å². The Morgan fingerprint density at radius 3 is 1.71 bits per heavy atom. The van der Waals surface area contributed by atoms with Gasteiger partial charge in [0.05, 0.1) is 0 Å². The zero-order chi connectivity index (χ0) is 11.0. The van der Waals surface area contributed by atoms with E-state index in [0.29, 0.717) is 12.8 Å². The average molecular weight is 242 g/mol. The van der Waals surface area contributed by atoms with Gasteiger partial charge >= 0.3 is 7.32 Å². The molecule has 2 unspecified atom stereocenters. The maximum Gasteiger partial charge on any atom is 0.669 e. The first-order valence-electron chi connectivity index (χ1n) is 4.85. The standard InChI is InChI=1S/C8H16BCl2O3/c1-3-5-7(10)13-9(12)14-8(11)6-4-2/h7-8H,3-6H2,1-2H3. The van der Waals surface area contributed by atoms with Crippen LogP contribution in [0.25, 0.3) is 0 Å². The van der Waals surface area contributed by atoms with Crippen molar-refractivity contribution in [3.63, 3.8) is 0 Å². The highest BCUT2D eigenvalue weighted by Gasteiger charge is 2.25. The van der Waals surface area contributed by atoms with Crippen LogP contribution in [-0.4, -0.2) is 18.4 Å². The maximum absolute atomic E-state index is 11.1. The molecule has 0 saturated carbocycles. The predicted molar refractivity (Wildman–Crippen MR) is 57.7 cm³/mol. The second-order valence-corrected chi connectivity index (χ2v) is 3.93. The van der Waals surface area contributed by atoms with Gasteiger partial charge in [0.2, 0.25) is 0 Å². The molecule has 83 valence electrons. The van der Waals surface area contributed by atoms with Crippen LogP contribution in [0.5, 0.6) is 0 Å². The highest BCUT2D eigenvalue weighted by atomic mass is 35.5. The first-order valence-corrected chi connectivity index (χ1v) is 5.72. The van der Waals surface area contributed by atoms with Gasteiger partial charge in [0, 0.05) is 0 Å². The fraction of sp³-hybridized carbons (Fsp3) is 1.00. The number of hydrogen-bond donors (Lipinski definition) is 0. The summed E-state index contributed by atoms with van der Waals surface area (Å²) >= 11 is 11.4. The molecule has 0 saturated heterocycles. The lowest BCUT2D eigenvalue weighted by Crippen LogP contribution is -2.28. The molecule has 6 heteroatoms. The first kappa shape index (κ1) is 14.5. The summed E-state index contributed by atoms with van der Waals surface area (Å²) in [6.45, 7) is 3.92. The van der Waals surface area contributed by atoms with E-state index in [4.69, 9.17) is 32.5 Å². The van der Waals surface area contributed by atoms with Gasteiger partial charge in [-0.25, -0.2) is 5.02 Å². The minimum Gasteiger partial charge on any atom is -0.368 e. The van der Waals surface area contributed by atoms with Crippen LogP contribution < -0.4 is 0 Å². The van der Waals surface area contributed by atoms with Gasteiger partial charge in [-0.15, -0.1) is 0 Å². The van der Waals surface area contributed by atoms with Crippen molar-refractivity contribution < 1.29 is 14.3 Å². The molecule has 0 aromatic carbocycles. The second-order valence-electron chi connectivity index (χ2n) is 2.96. The van der Waals surface area contributed by atoms with Crippen LogP contribution in [0.2, 0.25) is 0 Å². The third kappa shape index (κ3) is 7.89. The summed E-state index contributed by atoms with van der Waals surface area (Å²) in [6.07, 6.45) is 2.98. The molecule has 0 fully saturated rings. The summed E-state index contributed by atoms with van der Waals surface area (Å²) < 4.78 is 9.62. The Morgan fingerprint density at radius 2 is 1.43 bits per heavy atom. The van der Waals surface area contributed by atoms with Crippen molar-refractivity contribution in [1.82, 2.24) is 0 Å². The van der Waals surface area contributed by atoms with E-state index in [9.17, 15) is 5.02 Å². The predicted octanol–water partition coefficient (Wildman–Crippen LogP) is 3.17. The number of rotatable bonds is 8. The molecule has 1 radical (unpaired) electrons. The number of halogens is 2. The largest absolute Gasteiger partial charge is 0.669 e. The SMILES string of the molecule is CCCC(Cl)OB([O])OC(Cl)CCC. The van der Waals surface area contributed by atoms with Gasteiger partial charge in [0.1, 0.15) is 11.1 Å². The van der Waals surface area contributed by atoms with Gasteiger partial charge in [-0.3, -0.25) is 0 Å². The molecule has 0 bridgehead atoms. The molecule has 0 heterocycles. The van der Waals surface area contributed by atoms with E-state index in [2.05, 4.69) is 0 Å². The van der Waals surface area contributed by atoms with Gasteiger partial charge in [0.15, 0.2) is 0 Å². The minimum atomic E-state index is -1.59. The van der Waals surface area contributed by atoms with E-state index in [-0.39, 0.29) is 0 Å². The van der Waals surface area contributed by atoms with Gasteiger partial charge in [-0.05, 0) is 12.8 Å². The van der Waals surface area contributed by atoms with E-state index >= 15 is 0 Å². The monoisotopic (exact) mass is 241 g/mol. The van der Waals surface area contributed by atoms with Crippen LogP contribution in [-0.2, 0) is 14.3 Å². The summed E-state index contributed by atoms with van der Waals surface area (Å²) in [7, 11) is -1.59. The van der Waals surface area contributed by atoms with Crippen molar-refractivity contribution in [3.05, 3.63) is 0 Å². The van der Waals surface area contributed by atoms with Crippen molar-refractivity contribution >= 4 is 30.5 Å². The lowest BCUT2D eigenvalue weighted by molar-refractivity contribution is 0.0802. The summed E-state index contributed by atoms with van der Waals surface area (Å²) in [5.74, 6) is 0. The maximum atomic E-state index is 11.1. The van der Waals surface area contributed by atoms with Crippen LogP contribution in [0, 0.1) is 0 Å². The molecule has 0 aliphatic carbocycles. The summed E-state index contributed by atoms with van der Waals surface area (Å²) in [5, 5.41) is 11.1. The normalized spacial score (nSPS) is 15.2. The fourth-order valence-corrected chi connectivity index (χ4v) is 1.47. The van der Waals surface area contributed by atoms with Crippen molar-refractivity contribution in [1.29, 1.82) is 0 Å². The quantitative estimate of drug-likeness (QED) is 0.484.